The molecule has 13 heavy (non-hydrogen) atoms. The Morgan fingerprint density at radius 3 is 2.31 bits per heavy atom. The minimum Gasteiger partial charge on any atom is -0.478 e. The first kappa shape index (κ1) is 9.66. The molecular weight excluding hydrogens is 242 g/mol. The minimum atomic E-state index is -1.20. The van der Waals surface area contributed by atoms with Gasteiger partial charge >= 0.3 is 11.9 Å². The number of carboxylic acid groups (broad SMARTS) is 2. The fourth-order valence-electron chi connectivity index (χ4n) is 0.712. The summed E-state index contributed by atoms with van der Waals surface area (Å²) in [5.74, 6) is -2.35. The molecule has 0 aliphatic rings. The fourth-order valence-corrected chi connectivity index (χ4v) is 1.23. The zero-order valence-electron chi connectivity index (χ0n) is 6.19. The number of halogens is 1. The summed E-state index contributed by atoms with van der Waals surface area (Å²) in [6.07, 6.45) is 0.997. The van der Waals surface area contributed by atoms with Gasteiger partial charge in [0.25, 0.3) is 0 Å². The van der Waals surface area contributed by atoms with Crippen molar-refractivity contribution in [3.05, 3.63) is 28.0 Å². The third-order valence-corrected chi connectivity index (χ3v) is 1.90. The summed E-state index contributed by atoms with van der Waals surface area (Å²) in [7, 11) is 0. The average Bonchev–Trinajstić information content (AvgIpc) is 2.03. The summed E-state index contributed by atoms with van der Waals surface area (Å²) in [6, 6.07) is 1.19. The van der Waals surface area contributed by atoms with Crippen molar-refractivity contribution in [2.45, 2.75) is 0 Å². The first-order valence-electron chi connectivity index (χ1n) is 3.14. The topological polar surface area (TPSA) is 87.5 Å². The van der Waals surface area contributed by atoms with E-state index in [2.05, 4.69) is 20.9 Å². The number of pyridine rings is 1. The van der Waals surface area contributed by atoms with Gasteiger partial charge in [-0.2, -0.15) is 0 Å². The highest BCUT2D eigenvalue weighted by Crippen LogP contribution is 2.15. The molecule has 0 radical (unpaired) electrons. The van der Waals surface area contributed by atoms with Crippen molar-refractivity contribution in [1.29, 1.82) is 0 Å². The Labute approximate surface area is 81.2 Å². The van der Waals surface area contributed by atoms with Gasteiger partial charge in [-0.15, -0.1) is 0 Å². The second-order valence-electron chi connectivity index (χ2n) is 2.16. The summed E-state index contributed by atoms with van der Waals surface area (Å²) in [5, 5.41) is 17.1. The van der Waals surface area contributed by atoms with Gasteiger partial charge in [-0.1, -0.05) is 0 Å². The van der Waals surface area contributed by atoms with Crippen molar-refractivity contribution in [2.75, 3.05) is 0 Å². The summed E-state index contributed by atoms with van der Waals surface area (Å²) < 4.78 is 0.153. The first-order valence-corrected chi connectivity index (χ1v) is 3.94. The van der Waals surface area contributed by atoms with Gasteiger partial charge in [0.2, 0.25) is 0 Å². The lowest BCUT2D eigenvalue weighted by Gasteiger charge is -1.98. The molecule has 0 aromatic carbocycles. The summed E-state index contributed by atoms with van der Waals surface area (Å²) in [6.45, 7) is 0. The Bertz CT molecular complexity index is 377. The van der Waals surface area contributed by atoms with E-state index < -0.39 is 11.9 Å². The Morgan fingerprint density at radius 1 is 1.31 bits per heavy atom. The monoisotopic (exact) mass is 245 g/mol. The van der Waals surface area contributed by atoms with Crippen molar-refractivity contribution in [3.63, 3.8) is 0 Å². The normalized spacial score (nSPS) is 9.62. The molecule has 1 aromatic heterocycles. The van der Waals surface area contributed by atoms with E-state index in [1.165, 1.54) is 6.07 Å². The van der Waals surface area contributed by atoms with E-state index in [9.17, 15) is 9.59 Å². The van der Waals surface area contributed by atoms with Crippen molar-refractivity contribution in [2.24, 2.45) is 0 Å². The molecule has 0 unspecified atom stereocenters. The van der Waals surface area contributed by atoms with Crippen LogP contribution >= 0.6 is 15.9 Å². The lowest BCUT2D eigenvalue weighted by molar-refractivity contribution is 0.0675. The van der Waals surface area contributed by atoms with Gasteiger partial charge in [0.05, 0.1) is 10.0 Å². The van der Waals surface area contributed by atoms with E-state index in [0.29, 0.717) is 0 Å². The van der Waals surface area contributed by atoms with Crippen LogP contribution in [0.2, 0.25) is 0 Å². The molecule has 0 atom stereocenters. The Balaban J connectivity index is 3.20. The van der Waals surface area contributed by atoms with E-state index in [1.807, 2.05) is 0 Å². The third kappa shape index (κ3) is 2.03. The molecule has 0 bridgehead atoms. The van der Waals surface area contributed by atoms with E-state index in [0.717, 1.165) is 6.20 Å². The molecule has 1 rings (SSSR count). The number of aromatic carboxylic acids is 2. The molecule has 0 spiro atoms. The first-order chi connectivity index (χ1) is 6.02. The molecule has 0 saturated heterocycles. The van der Waals surface area contributed by atoms with Gasteiger partial charge in [-0.05, 0) is 22.0 Å². The quantitative estimate of drug-likeness (QED) is 0.819. The molecule has 68 valence electrons. The van der Waals surface area contributed by atoms with Crippen LogP contribution < -0.4 is 0 Å². The molecule has 0 amide bonds. The van der Waals surface area contributed by atoms with Gasteiger partial charge in [-0.25, -0.2) is 14.6 Å². The highest BCUT2D eigenvalue weighted by molar-refractivity contribution is 9.10. The van der Waals surface area contributed by atoms with Gasteiger partial charge < -0.3 is 10.2 Å². The minimum absolute atomic E-state index is 0.0584. The second kappa shape index (κ2) is 3.53. The van der Waals surface area contributed by atoms with E-state index >= 15 is 0 Å². The maximum atomic E-state index is 10.5. The van der Waals surface area contributed by atoms with E-state index in [1.54, 1.807) is 0 Å². The van der Waals surface area contributed by atoms with Crippen molar-refractivity contribution in [3.8, 4) is 0 Å². The van der Waals surface area contributed by atoms with Crippen LogP contribution in [0.5, 0.6) is 0 Å². The number of aromatic nitrogens is 1. The molecule has 5 nitrogen and oxygen atoms in total. The number of rotatable bonds is 2. The Kier molecular flexibility index (Phi) is 2.62. The van der Waals surface area contributed by atoms with Crippen molar-refractivity contribution in [1.82, 2.24) is 4.98 Å². The van der Waals surface area contributed by atoms with Crippen LogP contribution in [-0.2, 0) is 0 Å². The molecule has 0 aliphatic heterocycles. The van der Waals surface area contributed by atoms with Crippen LogP contribution in [0.4, 0.5) is 0 Å². The molecular formula is C7H4BrNO4. The lowest BCUT2D eigenvalue weighted by atomic mass is 10.2. The molecule has 1 aromatic rings. The zero-order chi connectivity index (χ0) is 10.0. The van der Waals surface area contributed by atoms with Crippen LogP contribution in [0.25, 0.3) is 0 Å². The standard InChI is InChI=1S/C7H4BrNO4/c8-4-1-3(6(10)11)2-9-5(4)7(12)13/h1-2H,(H,10,11)(H,12,13). The highest BCUT2D eigenvalue weighted by atomic mass is 79.9. The lowest BCUT2D eigenvalue weighted by Crippen LogP contribution is -2.04. The van der Waals surface area contributed by atoms with E-state index in [-0.39, 0.29) is 15.7 Å². The zero-order valence-corrected chi connectivity index (χ0v) is 7.78. The number of hydrogen-bond donors (Lipinski definition) is 2. The van der Waals surface area contributed by atoms with Gasteiger partial charge in [0, 0.05) is 6.20 Å². The summed E-state index contributed by atoms with van der Waals surface area (Å²) >= 11 is 2.91. The molecule has 6 heteroatoms. The SMILES string of the molecule is O=C(O)c1cnc(C(=O)O)c(Br)c1. The highest BCUT2D eigenvalue weighted by Gasteiger charge is 2.12. The summed E-state index contributed by atoms with van der Waals surface area (Å²) in [5.41, 5.74) is -0.262. The van der Waals surface area contributed by atoms with Crippen LogP contribution in [-0.4, -0.2) is 27.1 Å². The molecule has 0 aliphatic carbocycles. The third-order valence-electron chi connectivity index (χ3n) is 1.29. The Hall–Kier alpha value is -1.43. The average molecular weight is 246 g/mol. The molecule has 0 saturated carbocycles. The largest absolute Gasteiger partial charge is 0.478 e. The molecule has 0 fully saturated rings. The van der Waals surface area contributed by atoms with Crippen LogP contribution in [0, 0.1) is 0 Å². The van der Waals surface area contributed by atoms with Gasteiger partial charge in [0.15, 0.2) is 5.69 Å². The predicted octanol–water partition coefficient (Wildman–Crippen LogP) is 1.24. The maximum Gasteiger partial charge on any atom is 0.355 e. The van der Waals surface area contributed by atoms with Gasteiger partial charge in [-0.3, -0.25) is 0 Å². The number of nitrogens with zero attached hydrogens (tertiary/aromatic N) is 1. The fraction of sp³-hybridized carbons (Fsp3) is 0. The van der Waals surface area contributed by atoms with E-state index in [4.69, 9.17) is 10.2 Å². The van der Waals surface area contributed by atoms with Crippen LogP contribution in [0.15, 0.2) is 16.7 Å². The second-order valence-corrected chi connectivity index (χ2v) is 3.02. The van der Waals surface area contributed by atoms with Crippen molar-refractivity contribution >= 4 is 27.9 Å². The Morgan fingerprint density at radius 2 is 1.92 bits per heavy atom. The predicted molar refractivity (Wildman–Crippen MR) is 45.9 cm³/mol. The maximum absolute atomic E-state index is 10.5. The number of carbonyl (C=O) groups is 2. The van der Waals surface area contributed by atoms with Crippen LogP contribution in [0.3, 0.4) is 0 Å². The smallest absolute Gasteiger partial charge is 0.355 e. The van der Waals surface area contributed by atoms with Gasteiger partial charge in [0.1, 0.15) is 0 Å². The number of carboxylic acids is 2. The molecule has 2 N–H and O–H groups in total. The van der Waals surface area contributed by atoms with Crippen molar-refractivity contribution < 1.29 is 19.8 Å². The molecule has 1 heterocycles. The number of hydrogen-bond acceptors (Lipinski definition) is 3. The van der Waals surface area contributed by atoms with Crippen LogP contribution in [0.1, 0.15) is 20.8 Å². The summed E-state index contributed by atoms with van der Waals surface area (Å²) in [4.78, 5) is 24.4.